The first-order valence-corrected chi connectivity index (χ1v) is 14.1. The van der Waals surface area contributed by atoms with Gasteiger partial charge in [-0.1, -0.05) is 55.5 Å². The van der Waals surface area contributed by atoms with Gasteiger partial charge in [0.15, 0.2) is 10.8 Å². The Morgan fingerprint density at radius 1 is 1.15 bits per heavy atom. The summed E-state index contributed by atoms with van der Waals surface area (Å²) in [5.74, 6) is 1.86. The molecule has 1 fully saturated rings. The maximum absolute atomic E-state index is 12.4. The van der Waals surface area contributed by atoms with Crippen LogP contribution in [0.4, 0.5) is 16.3 Å². The number of morpholine rings is 1. The third-order valence-electron chi connectivity index (χ3n) is 6.95. The summed E-state index contributed by atoms with van der Waals surface area (Å²) < 4.78 is 20.4. The summed E-state index contributed by atoms with van der Waals surface area (Å²) in [5.41, 5.74) is 8.82. The molecule has 0 atom stereocenters. The lowest BCUT2D eigenvalue weighted by Gasteiger charge is -2.26. The molecule has 40 heavy (non-hydrogen) atoms. The lowest BCUT2D eigenvalue weighted by molar-refractivity contribution is 0.0323. The van der Waals surface area contributed by atoms with Crippen LogP contribution in [0.25, 0.3) is 26.4 Å². The molecular weight excluding hydrogens is 528 g/mol. The molecule has 6 rings (SSSR count). The molecule has 10 nitrogen and oxygen atoms in total. The van der Waals surface area contributed by atoms with E-state index < -0.39 is 6.03 Å². The molecular formula is C29H32N6O4S. The van der Waals surface area contributed by atoms with E-state index in [2.05, 4.69) is 20.5 Å². The largest absolute Gasteiger partial charge is 0.490 e. The summed E-state index contributed by atoms with van der Waals surface area (Å²) in [6, 6.07) is 14.7. The molecule has 4 heterocycles. The molecule has 0 unspecified atom stereocenters. The van der Waals surface area contributed by atoms with Crippen LogP contribution in [0.1, 0.15) is 26.5 Å². The van der Waals surface area contributed by atoms with Crippen molar-refractivity contribution < 1.29 is 18.8 Å². The number of primary amides is 1. The highest BCUT2D eigenvalue weighted by molar-refractivity contribution is 7.23. The van der Waals surface area contributed by atoms with Crippen LogP contribution in [0.3, 0.4) is 0 Å². The first-order valence-electron chi connectivity index (χ1n) is 13.3. The molecule has 5 aromatic rings. The van der Waals surface area contributed by atoms with Gasteiger partial charge >= 0.3 is 6.03 Å². The van der Waals surface area contributed by atoms with Gasteiger partial charge in [-0.05, 0) is 24.3 Å². The number of ether oxygens (including phenoxy) is 2. The van der Waals surface area contributed by atoms with Crippen molar-refractivity contribution in [3.8, 4) is 17.0 Å². The third-order valence-corrected chi connectivity index (χ3v) is 7.97. The quantitative estimate of drug-likeness (QED) is 0.283. The normalized spacial score (nSPS) is 14.7. The minimum absolute atomic E-state index is 0.246. The summed E-state index contributed by atoms with van der Waals surface area (Å²) in [6.07, 6.45) is 2.02. The number of thiazole rings is 1. The average molecular weight is 561 g/mol. The highest BCUT2D eigenvalue weighted by atomic mass is 32.1. The van der Waals surface area contributed by atoms with Crippen molar-refractivity contribution in [2.75, 3.05) is 44.4 Å². The number of imidazole rings is 1. The SMILES string of the molecule is CC(C)(C)c1cc(N(C(N)=O)c2ccc(-c3cn4c(n3)sc3cccc(OCCN5CCOCC5)c34)cc2)no1. The molecule has 0 spiro atoms. The molecule has 1 saturated heterocycles. The first-order chi connectivity index (χ1) is 19.3. The number of carbonyl (C=O) groups excluding carboxylic acids is 1. The van der Waals surface area contributed by atoms with E-state index in [0.717, 1.165) is 65.0 Å². The van der Waals surface area contributed by atoms with Crippen molar-refractivity contribution in [2.24, 2.45) is 5.73 Å². The zero-order valence-electron chi connectivity index (χ0n) is 22.8. The van der Waals surface area contributed by atoms with Crippen LogP contribution >= 0.6 is 11.3 Å². The number of amides is 2. The molecule has 11 heteroatoms. The molecule has 208 valence electrons. The maximum Gasteiger partial charge on any atom is 0.325 e. The molecule has 0 aliphatic carbocycles. The van der Waals surface area contributed by atoms with Gasteiger partial charge in [-0.25, -0.2) is 14.7 Å². The Hall–Kier alpha value is -3.93. The minimum Gasteiger partial charge on any atom is -0.490 e. The molecule has 0 bridgehead atoms. The van der Waals surface area contributed by atoms with Gasteiger partial charge in [0.1, 0.15) is 23.6 Å². The summed E-state index contributed by atoms with van der Waals surface area (Å²) >= 11 is 1.62. The summed E-state index contributed by atoms with van der Waals surface area (Å²) in [4.78, 5) is 21.8. The van der Waals surface area contributed by atoms with Crippen LogP contribution in [0, 0.1) is 0 Å². The van der Waals surface area contributed by atoms with Crippen molar-refractivity contribution in [2.45, 2.75) is 26.2 Å². The fourth-order valence-corrected chi connectivity index (χ4v) is 5.78. The minimum atomic E-state index is -0.642. The number of carbonyl (C=O) groups is 1. The summed E-state index contributed by atoms with van der Waals surface area (Å²) in [6.45, 7) is 10.9. The number of para-hydroxylation sites is 1. The predicted molar refractivity (Wildman–Crippen MR) is 156 cm³/mol. The van der Waals surface area contributed by atoms with Gasteiger partial charge in [-0.2, -0.15) is 0 Å². The molecule has 2 aromatic carbocycles. The smallest absolute Gasteiger partial charge is 0.325 e. The number of aromatic nitrogens is 3. The van der Waals surface area contributed by atoms with E-state index in [-0.39, 0.29) is 5.41 Å². The van der Waals surface area contributed by atoms with E-state index in [1.165, 1.54) is 4.90 Å². The van der Waals surface area contributed by atoms with E-state index >= 15 is 0 Å². The van der Waals surface area contributed by atoms with Crippen LogP contribution in [-0.2, 0) is 10.2 Å². The number of benzene rings is 2. The van der Waals surface area contributed by atoms with Crippen LogP contribution in [-0.4, -0.2) is 64.9 Å². The van der Waals surface area contributed by atoms with Crippen molar-refractivity contribution in [1.29, 1.82) is 0 Å². The van der Waals surface area contributed by atoms with Gasteiger partial charge < -0.3 is 19.7 Å². The number of nitrogens with zero attached hydrogens (tertiary/aromatic N) is 5. The van der Waals surface area contributed by atoms with Crippen LogP contribution in [0.5, 0.6) is 5.75 Å². The second-order valence-corrected chi connectivity index (χ2v) is 11.8. The summed E-state index contributed by atoms with van der Waals surface area (Å²) in [5, 5.41) is 4.08. The topological polar surface area (TPSA) is 111 Å². The Labute approximate surface area is 235 Å². The van der Waals surface area contributed by atoms with Gasteiger partial charge in [0.2, 0.25) is 0 Å². The number of urea groups is 1. The molecule has 3 aromatic heterocycles. The predicted octanol–water partition coefficient (Wildman–Crippen LogP) is 5.43. The Morgan fingerprint density at radius 2 is 1.93 bits per heavy atom. The molecule has 0 saturated carbocycles. The Morgan fingerprint density at radius 3 is 2.62 bits per heavy atom. The van der Waals surface area contributed by atoms with E-state index in [4.69, 9.17) is 24.7 Å². The van der Waals surface area contributed by atoms with E-state index in [0.29, 0.717) is 23.9 Å². The monoisotopic (exact) mass is 560 g/mol. The van der Waals surface area contributed by atoms with Crippen molar-refractivity contribution >= 4 is 44.1 Å². The van der Waals surface area contributed by atoms with Gasteiger partial charge in [0.05, 0.1) is 29.3 Å². The molecule has 0 radical (unpaired) electrons. The van der Waals surface area contributed by atoms with Crippen LogP contribution in [0.2, 0.25) is 0 Å². The highest BCUT2D eigenvalue weighted by Crippen LogP contribution is 2.36. The summed E-state index contributed by atoms with van der Waals surface area (Å²) in [7, 11) is 0. The number of nitrogens with two attached hydrogens (primary N) is 1. The Balaban J connectivity index is 1.24. The molecule has 1 aliphatic rings. The number of hydrogen-bond donors (Lipinski definition) is 1. The van der Waals surface area contributed by atoms with Crippen molar-refractivity contribution in [3.63, 3.8) is 0 Å². The zero-order valence-corrected chi connectivity index (χ0v) is 23.6. The fourth-order valence-electron chi connectivity index (χ4n) is 4.76. The van der Waals surface area contributed by atoms with Crippen LogP contribution < -0.4 is 15.4 Å². The van der Waals surface area contributed by atoms with Gasteiger partial charge in [0, 0.05) is 42.9 Å². The number of fused-ring (bicyclic) bond motifs is 3. The first kappa shape index (κ1) is 26.3. The second-order valence-electron chi connectivity index (χ2n) is 10.8. The number of hydrogen-bond acceptors (Lipinski definition) is 8. The molecule has 2 amide bonds. The lowest BCUT2D eigenvalue weighted by atomic mass is 9.93. The van der Waals surface area contributed by atoms with E-state index in [1.807, 2.05) is 63.4 Å². The average Bonchev–Trinajstić information content (AvgIpc) is 3.65. The van der Waals surface area contributed by atoms with Gasteiger partial charge in [-0.15, -0.1) is 0 Å². The Bertz CT molecular complexity index is 1640. The van der Waals surface area contributed by atoms with Gasteiger partial charge in [-0.3, -0.25) is 9.30 Å². The standard InChI is InChI=1S/C29H32N6O4S/c1-29(2,3)24-17-25(32-39-24)35(27(30)36)20-9-7-19(8-10-20)21-18-34-26-22(5-4-6-23(26)40-28(34)31-21)38-16-13-33-11-14-37-15-12-33/h4-10,17-18H,11-16H2,1-3H3,(H2,30,36). The van der Waals surface area contributed by atoms with E-state index in [9.17, 15) is 4.79 Å². The van der Waals surface area contributed by atoms with Gasteiger partial charge in [0.25, 0.3) is 0 Å². The highest BCUT2D eigenvalue weighted by Gasteiger charge is 2.25. The van der Waals surface area contributed by atoms with E-state index in [1.54, 1.807) is 17.4 Å². The number of anilines is 2. The van der Waals surface area contributed by atoms with Crippen molar-refractivity contribution in [3.05, 3.63) is 60.5 Å². The lowest BCUT2D eigenvalue weighted by Crippen LogP contribution is -2.38. The fraction of sp³-hybridized carbons (Fsp3) is 0.345. The maximum atomic E-state index is 12.4. The molecule has 1 aliphatic heterocycles. The van der Waals surface area contributed by atoms with Crippen molar-refractivity contribution in [1.82, 2.24) is 19.4 Å². The Kier molecular flexibility index (Phi) is 6.95. The van der Waals surface area contributed by atoms with Crippen LogP contribution in [0.15, 0.2) is 59.3 Å². The second kappa shape index (κ2) is 10.6. The third kappa shape index (κ3) is 5.15. The number of rotatable bonds is 7. The molecule has 2 N–H and O–H groups in total. The zero-order chi connectivity index (χ0) is 27.9.